The van der Waals surface area contributed by atoms with Crippen molar-refractivity contribution in [2.24, 2.45) is 0 Å². The van der Waals surface area contributed by atoms with Crippen molar-refractivity contribution in [3.05, 3.63) is 79.4 Å². The van der Waals surface area contributed by atoms with E-state index in [1.54, 1.807) is 12.2 Å². The fourth-order valence-electron chi connectivity index (χ4n) is 3.90. The largest absolute Gasteiger partial charge is 0.537 e. The zero-order chi connectivity index (χ0) is 30.4. The first-order chi connectivity index (χ1) is 19.9. The average molecular weight is 607 g/mol. The molecule has 10 heteroatoms. The van der Waals surface area contributed by atoms with Crippen LogP contribution in [-0.2, 0) is 32.6 Å². The van der Waals surface area contributed by atoms with Gasteiger partial charge in [0.25, 0.3) is 0 Å². The predicted octanol–water partition coefficient (Wildman–Crippen LogP) is 5.89. The Morgan fingerprint density at radius 3 is 1.24 bits per heavy atom. The highest BCUT2D eigenvalue weighted by Gasteiger charge is 2.43. The number of ether oxygens (including phenoxy) is 2. The Hall–Kier alpha value is -2.29. The van der Waals surface area contributed by atoms with Gasteiger partial charge in [0, 0.05) is 50.9 Å². The zero-order valence-electron chi connectivity index (χ0n) is 25.8. The SMILES string of the molecule is C=CCOc1ccc(C[Si](OCC)(OCC)OCC)cc1.C=CCOc1ccc([Si](OCC)(OCC)OCC)cc1. The molecule has 2 rings (SSSR count). The fourth-order valence-corrected chi connectivity index (χ4v) is 8.98. The Morgan fingerprint density at radius 2 is 0.902 bits per heavy atom. The molecule has 8 nitrogen and oxygen atoms in total. The number of rotatable bonds is 21. The van der Waals surface area contributed by atoms with Gasteiger partial charge in [0.1, 0.15) is 24.7 Å². The van der Waals surface area contributed by atoms with E-state index >= 15 is 0 Å². The van der Waals surface area contributed by atoms with E-state index in [9.17, 15) is 0 Å². The molecule has 41 heavy (non-hydrogen) atoms. The van der Waals surface area contributed by atoms with Crippen molar-refractivity contribution in [3.8, 4) is 11.5 Å². The monoisotopic (exact) mass is 606 g/mol. The molecule has 230 valence electrons. The molecule has 0 aliphatic heterocycles. The van der Waals surface area contributed by atoms with Crippen LogP contribution in [0.4, 0.5) is 0 Å². The summed E-state index contributed by atoms with van der Waals surface area (Å²) in [6.45, 7) is 23.4. The molecule has 0 N–H and O–H groups in total. The molecule has 0 fully saturated rings. The summed E-state index contributed by atoms with van der Waals surface area (Å²) in [6.07, 6.45) is 3.44. The van der Waals surface area contributed by atoms with Crippen LogP contribution in [0.15, 0.2) is 73.8 Å². The van der Waals surface area contributed by atoms with Gasteiger partial charge in [-0.15, -0.1) is 0 Å². The minimum Gasteiger partial charge on any atom is -0.490 e. The van der Waals surface area contributed by atoms with Crippen LogP contribution in [0.25, 0.3) is 0 Å². The highest BCUT2D eigenvalue weighted by molar-refractivity contribution is 6.75. The van der Waals surface area contributed by atoms with Crippen molar-refractivity contribution in [2.45, 2.75) is 47.6 Å². The second kappa shape index (κ2) is 21.4. The Kier molecular flexibility index (Phi) is 19.2. The number of hydrogen-bond donors (Lipinski definition) is 0. The summed E-state index contributed by atoms with van der Waals surface area (Å²) in [5.41, 5.74) is 1.13. The van der Waals surface area contributed by atoms with E-state index in [0.29, 0.717) is 58.9 Å². The molecule has 0 bridgehead atoms. The molecule has 0 aromatic heterocycles. The Bertz CT molecular complexity index is 920. The van der Waals surface area contributed by atoms with Gasteiger partial charge in [0.15, 0.2) is 0 Å². The molecular weight excluding hydrogens is 557 g/mol. The lowest BCUT2D eigenvalue weighted by atomic mass is 10.2. The van der Waals surface area contributed by atoms with Gasteiger partial charge >= 0.3 is 17.6 Å². The van der Waals surface area contributed by atoms with Crippen LogP contribution in [0.2, 0.25) is 0 Å². The van der Waals surface area contributed by atoms with Gasteiger partial charge in [0.05, 0.1) is 0 Å². The number of hydrogen-bond acceptors (Lipinski definition) is 8. The molecule has 0 saturated carbocycles. The average Bonchev–Trinajstić information content (AvgIpc) is 2.97. The fraction of sp³-hybridized carbons (Fsp3) is 0.484. The van der Waals surface area contributed by atoms with E-state index in [1.807, 2.05) is 90.1 Å². The van der Waals surface area contributed by atoms with E-state index < -0.39 is 17.6 Å². The van der Waals surface area contributed by atoms with Crippen molar-refractivity contribution < 1.29 is 36.0 Å². The van der Waals surface area contributed by atoms with Crippen LogP contribution in [0.3, 0.4) is 0 Å². The third-order valence-electron chi connectivity index (χ3n) is 5.38. The first-order valence-electron chi connectivity index (χ1n) is 14.4. The summed E-state index contributed by atoms with van der Waals surface area (Å²) in [5, 5.41) is 0.953. The Labute approximate surface area is 249 Å². The maximum absolute atomic E-state index is 5.86. The van der Waals surface area contributed by atoms with Crippen molar-refractivity contribution in [2.75, 3.05) is 52.9 Å². The first-order valence-corrected chi connectivity index (χ1v) is 18.1. The lowest BCUT2D eigenvalue weighted by molar-refractivity contribution is 0.0703. The third-order valence-corrected chi connectivity index (χ3v) is 11.5. The molecule has 2 aromatic rings. The van der Waals surface area contributed by atoms with Crippen molar-refractivity contribution in [3.63, 3.8) is 0 Å². The standard InChI is InChI=1S/C16H26O4Si.C15H24O4Si/c1-5-13-17-16-11-9-15(10-12-16)14-21(18-6-2,19-7-3)20-8-4;1-5-13-16-14-9-11-15(12-10-14)20(17-6-2,18-7-3)19-8-4/h5,9-12H,1,6-8,13-14H2,2-4H3;5,9-12H,1,6-8,13H2,2-4H3. The van der Waals surface area contributed by atoms with Crippen LogP contribution in [0, 0.1) is 0 Å². The van der Waals surface area contributed by atoms with Gasteiger partial charge in [-0.25, -0.2) is 0 Å². The van der Waals surface area contributed by atoms with Crippen molar-refractivity contribution in [1.29, 1.82) is 0 Å². The van der Waals surface area contributed by atoms with Gasteiger partial charge in [-0.05, 0) is 71.4 Å². The van der Waals surface area contributed by atoms with E-state index in [1.165, 1.54) is 0 Å². The van der Waals surface area contributed by atoms with Crippen LogP contribution in [-0.4, -0.2) is 70.5 Å². The molecule has 0 heterocycles. The predicted molar refractivity (Wildman–Crippen MR) is 169 cm³/mol. The minimum atomic E-state index is -2.80. The second-order valence-electron chi connectivity index (χ2n) is 8.38. The van der Waals surface area contributed by atoms with Crippen molar-refractivity contribution >= 4 is 22.8 Å². The van der Waals surface area contributed by atoms with E-state index in [-0.39, 0.29) is 0 Å². The molecule has 0 saturated heterocycles. The summed E-state index contributed by atoms with van der Waals surface area (Å²) in [4.78, 5) is 0. The molecular formula is C31H50O8Si2. The van der Waals surface area contributed by atoms with Gasteiger partial charge in [-0.1, -0.05) is 49.6 Å². The molecule has 0 amide bonds. The summed E-state index contributed by atoms with van der Waals surface area (Å²) in [6, 6.07) is 16.3. The summed E-state index contributed by atoms with van der Waals surface area (Å²) in [5.74, 6) is 1.62. The highest BCUT2D eigenvalue weighted by Crippen LogP contribution is 2.20. The summed E-state index contributed by atoms with van der Waals surface area (Å²) < 4.78 is 46.1. The maximum atomic E-state index is 5.86. The van der Waals surface area contributed by atoms with Gasteiger partial charge in [0.2, 0.25) is 0 Å². The van der Waals surface area contributed by atoms with E-state index in [0.717, 1.165) is 22.2 Å². The Morgan fingerprint density at radius 1 is 0.537 bits per heavy atom. The number of benzene rings is 2. The third kappa shape index (κ3) is 13.0. The normalized spacial score (nSPS) is 11.4. The molecule has 0 aliphatic rings. The zero-order valence-corrected chi connectivity index (χ0v) is 27.8. The van der Waals surface area contributed by atoms with Gasteiger partial charge < -0.3 is 36.0 Å². The topological polar surface area (TPSA) is 73.8 Å². The van der Waals surface area contributed by atoms with Crippen LogP contribution in [0.1, 0.15) is 47.1 Å². The lowest BCUT2D eigenvalue weighted by Crippen LogP contribution is -2.56. The van der Waals surface area contributed by atoms with Crippen molar-refractivity contribution in [1.82, 2.24) is 0 Å². The maximum Gasteiger partial charge on any atom is 0.537 e. The molecule has 2 aromatic carbocycles. The molecule has 0 unspecified atom stereocenters. The van der Waals surface area contributed by atoms with Gasteiger partial charge in [-0.2, -0.15) is 0 Å². The molecule has 0 radical (unpaired) electrons. The summed E-state index contributed by atoms with van der Waals surface area (Å²) in [7, 11) is -5.44. The first kappa shape index (κ1) is 36.7. The molecule has 0 spiro atoms. The van der Waals surface area contributed by atoms with E-state index in [2.05, 4.69) is 13.2 Å². The smallest absolute Gasteiger partial charge is 0.490 e. The lowest BCUT2D eigenvalue weighted by Gasteiger charge is -2.28. The van der Waals surface area contributed by atoms with Crippen LogP contribution < -0.4 is 14.7 Å². The van der Waals surface area contributed by atoms with Crippen LogP contribution >= 0.6 is 0 Å². The van der Waals surface area contributed by atoms with E-state index in [4.69, 9.17) is 36.0 Å². The van der Waals surface area contributed by atoms with Gasteiger partial charge in [-0.3, -0.25) is 0 Å². The second-order valence-corrected chi connectivity index (χ2v) is 13.5. The summed E-state index contributed by atoms with van der Waals surface area (Å²) >= 11 is 0. The highest BCUT2D eigenvalue weighted by atomic mass is 28.4. The Balaban J connectivity index is 0.000000410. The minimum absolute atomic E-state index is 0.490. The molecule has 0 aliphatic carbocycles. The van der Waals surface area contributed by atoms with Crippen LogP contribution in [0.5, 0.6) is 11.5 Å². The quantitative estimate of drug-likeness (QED) is 0.129. The molecule has 0 atom stereocenters.